The quantitative estimate of drug-likeness (QED) is 0.799. The van der Waals surface area contributed by atoms with Crippen molar-refractivity contribution in [3.05, 3.63) is 5.28 Å². The van der Waals surface area contributed by atoms with Crippen LogP contribution in [0, 0.1) is 0 Å². The van der Waals surface area contributed by atoms with Gasteiger partial charge in [0.15, 0.2) is 0 Å². The van der Waals surface area contributed by atoms with Gasteiger partial charge in [-0.2, -0.15) is 15.0 Å². The molecule has 0 amide bonds. The average molecular weight is 203 g/mol. The summed E-state index contributed by atoms with van der Waals surface area (Å²) in [5.41, 5.74) is 0. The molecule has 72 valence electrons. The molecule has 1 rings (SSSR count). The highest BCUT2D eigenvalue weighted by Gasteiger charge is 2.03. The first-order valence-corrected chi connectivity index (χ1v) is 4.33. The lowest BCUT2D eigenvalue weighted by atomic mass is 10.5. The van der Waals surface area contributed by atoms with Gasteiger partial charge >= 0.3 is 6.01 Å². The number of hydrogen-bond donors (Lipinski definition) is 1. The van der Waals surface area contributed by atoms with Crippen molar-refractivity contribution in [2.45, 2.75) is 13.3 Å². The van der Waals surface area contributed by atoms with E-state index in [9.17, 15) is 0 Å². The van der Waals surface area contributed by atoms with Crippen LogP contribution in [0.3, 0.4) is 0 Å². The molecule has 5 nitrogen and oxygen atoms in total. The van der Waals surface area contributed by atoms with E-state index >= 15 is 0 Å². The van der Waals surface area contributed by atoms with E-state index in [1.54, 1.807) is 0 Å². The average Bonchev–Trinajstić information content (AvgIpc) is 2.14. The Kier molecular flexibility index (Phi) is 3.70. The largest absolute Gasteiger partial charge is 0.467 e. The Morgan fingerprint density at radius 1 is 1.38 bits per heavy atom. The monoisotopic (exact) mass is 202 g/mol. The van der Waals surface area contributed by atoms with Gasteiger partial charge < -0.3 is 10.1 Å². The standard InChI is InChI=1S/C7H11ClN4O/c1-3-4-9-6-10-5(8)11-7(12-6)13-2/h3-4H2,1-2H3,(H,9,10,11,12). The van der Waals surface area contributed by atoms with Crippen molar-refractivity contribution in [1.29, 1.82) is 0 Å². The number of hydrogen-bond acceptors (Lipinski definition) is 5. The molecule has 0 unspecified atom stereocenters. The Bertz CT molecular complexity index is 281. The summed E-state index contributed by atoms with van der Waals surface area (Å²) >= 11 is 5.63. The molecular formula is C7H11ClN4O. The lowest BCUT2D eigenvalue weighted by molar-refractivity contribution is 0.379. The van der Waals surface area contributed by atoms with Gasteiger partial charge in [0.2, 0.25) is 11.2 Å². The Morgan fingerprint density at radius 3 is 2.77 bits per heavy atom. The summed E-state index contributed by atoms with van der Waals surface area (Å²) in [5, 5.41) is 3.11. The fraction of sp³-hybridized carbons (Fsp3) is 0.571. The molecule has 0 aliphatic rings. The Morgan fingerprint density at radius 2 is 2.15 bits per heavy atom. The van der Waals surface area contributed by atoms with Crippen LogP contribution in [0.2, 0.25) is 5.28 Å². The minimum Gasteiger partial charge on any atom is -0.467 e. The van der Waals surface area contributed by atoms with E-state index in [-0.39, 0.29) is 11.3 Å². The Labute approximate surface area is 81.5 Å². The fourth-order valence-electron chi connectivity index (χ4n) is 0.739. The molecular weight excluding hydrogens is 192 g/mol. The number of rotatable bonds is 4. The van der Waals surface area contributed by atoms with Gasteiger partial charge in [-0.3, -0.25) is 0 Å². The Balaban J connectivity index is 2.76. The molecule has 1 aromatic rings. The second kappa shape index (κ2) is 4.81. The predicted octanol–water partition coefficient (Wildman–Crippen LogP) is 1.36. The SMILES string of the molecule is CCCNc1nc(Cl)nc(OC)n1. The maximum Gasteiger partial charge on any atom is 0.322 e. The van der Waals surface area contributed by atoms with Gasteiger partial charge in [0.05, 0.1) is 7.11 Å². The number of aromatic nitrogens is 3. The van der Waals surface area contributed by atoms with Crippen LogP contribution in [-0.2, 0) is 0 Å². The fourth-order valence-corrected chi connectivity index (χ4v) is 0.891. The topological polar surface area (TPSA) is 59.9 Å². The molecule has 0 fully saturated rings. The molecule has 1 heterocycles. The molecule has 0 aliphatic carbocycles. The van der Waals surface area contributed by atoms with E-state index in [2.05, 4.69) is 20.3 Å². The van der Waals surface area contributed by atoms with Crippen LogP contribution in [0.5, 0.6) is 6.01 Å². The van der Waals surface area contributed by atoms with Gasteiger partial charge in [0.1, 0.15) is 0 Å². The highest BCUT2D eigenvalue weighted by Crippen LogP contribution is 2.10. The highest BCUT2D eigenvalue weighted by molar-refractivity contribution is 6.28. The third kappa shape index (κ3) is 3.02. The molecule has 0 spiro atoms. The summed E-state index contributed by atoms with van der Waals surface area (Å²) in [6, 6.07) is 0.221. The predicted molar refractivity (Wildman–Crippen MR) is 50.2 cm³/mol. The second-order valence-electron chi connectivity index (χ2n) is 2.34. The molecule has 13 heavy (non-hydrogen) atoms. The van der Waals surface area contributed by atoms with Crippen molar-refractivity contribution in [3.8, 4) is 6.01 Å². The van der Waals surface area contributed by atoms with Crippen molar-refractivity contribution in [3.63, 3.8) is 0 Å². The van der Waals surface area contributed by atoms with E-state index in [0.29, 0.717) is 5.95 Å². The van der Waals surface area contributed by atoms with E-state index in [1.165, 1.54) is 7.11 Å². The van der Waals surface area contributed by atoms with Gasteiger partial charge in [0, 0.05) is 6.54 Å². The number of anilines is 1. The molecule has 1 aromatic heterocycles. The minimum atomic E-state index is 0.130. The zero-order valence-electron chi connectivity index (χ0n) is 7.54. The molecule has 0 atom stereocenters. The van der Waals surface area contributed by atoms with Crippen LogP contribution < -0.4 is 10.1 Å². The minimum absolute atomic E-state index is 0.130. The molecule has 0 aliphatic heterocycles. The maximum absolute atomic E-state index is 5.63. The van der Waals surface area contributed by atoms with Crippen LogP contribution in [-0.4, -0.2) is 28.6 Å². The molecule has 0 bridgehead atoms. The van der Waals surface area contributed by atoms with E-state index in [1.807, 2.05) is 6.92 Å². The lowest BCUT2D eigenvalue weighted by Gasteiger charge is -2.03. The zero-order chi connectivity index (χ0) is 9.68. The summed E-state index contributed by atoms with van der Waals surface area (Å²) in [6.07, 6.45) is 0.992. The maximum atomic E-state index is 5.63. The van der Waals surface area contributed by atoms with Crippen molar-refractivity contribution in [1.82, 2.24) is 15.0 Å². The molecule has 6 heteroatoms. The second-order valence-corrected chi connectivity index (χ2v) is 2.68. The number of nitrogens with one attached hydrogen (secondary N) is 1. The van der Waals surface area contributed by atoms with Crippen LogP contribution in [0.15, 0.2) is 0 Å². The van der Waals surface area contributed by atoms with E-state index in [4.69, 9.17) is 16.3 Å². The van der Waals surface area contributed by atoms with Crippen LogP contribution in [0.1, 0.15) is 13.3 Å². The van der Waals surface area contributed by atoms with Crippen molar-refractivity contribution >= 4 is 17.5 Å². The van der Waals surface area contributed by atoms with Crippen molar-refractivity contribution in [2.24, 2.45) is 0 Å². The molecule has 1 N–H and O–H groups in total. The summed E-state index contributed by atoms with van der Waals surface area (Å²) < 4.78 is 4.83. The van der Waals surface area contributed by atoms with Gasteiger partial charge in [-0.25, -0.2) is 0 Å². The van der Waals surface area contributed by atoms with Crippen LogP contribution in [0.25, 0.3) is 0 Å². The van der Waals surface area contributed by atoms with Crippen LogP contribution >= 0.6 is 11.6 Å². The molecule has 0 radical (unpaired) electrons. The van der Waals surface area contributed by atoms with Gasteiger partial charge in [-0.1, -0.05) is 6.92 Å². The first kappa shape index (κ1) is 9.98. The normalized spacial score (nSPS) is 9.77. The molecule has 0 saturated carbocycles. The first-order valence-electron chi connectivity index (χ1n) is 3.95. The third-order valence-corrected chi connectivity index (χ3v) is 1.47. The molecule has 0 aromatic carbocycles. The van der Waals surface area contributed by atoms with Gasteiger partial charge in [-0.05, 0) is 18.0 Å². The number of methoxy groups -OCH3 is 1. The Hall–Kier alpha value is -1.10. The summed E-state index contributed by atoms with van der Waals surface area (Å²) in [7, 11) is 1.48. The molecule has 0 saturated heterocycles. The van der Waals surface area contributed by atoms with Gasteiger partial charge in [-0.15, -0.1) is 0 Å². The van der Waals surface area contributed by atoms with E-state index in [0.717, 1.165) is 13.0 Å². The van der Waals surface area contributed by atoms with Crippen LogP contribution in [0.4, 0.5) is 5.95 Å². The van der Waals surface area contributed by atoms with Gasteiger partial charge in [0.25, 0.3) is 0 Å². The number of nitrogens with zero attached hydrogens (tertiary/aromatic N) is 3. The van der Waals surface area contributed by atoms with Crippen molar-refractivity contribution < 1.29 is 4.74 Å². The lowest BCUT2D eigenvalue weighted by Crippen LogP contribution is -2.06. The van der Waals surface area contributed by atoms with E-state index < -0.39 is 0 Å². The third-order valence-electron chi connectivity index (χ3n) is 1.30. The zero-order valence-corrected chi connectivity index (χ0v) is 8.30. The summed E-state index contributed by atoms with van der Waals surface area (Å²) in [5.74, 6) is 0.443. The van der Waals surface area contributed by atoms with Crippen molar-refractivity contribution in [2.75, 3.05) is 19.0 Å². The summed E-state index contributed by atoms with van der Waals surface area (Å²) in [4.78, 5) is 11.6. The number of ether oxygens (including phenoxy) is 1. The summed E-state index contributed by atoms with van der Waals surface area (Å²) in [6.45, 7) is 2.84. The highest BCUT2D eigenvalue weighted by atomic mass is 35.5. The first-order chi connectivity index (χ1) is 6.26. The smallest absolute Gasteiger partial charge is 0.322 e. The number of halogens is 1.